The first-order valence-electron chi connectivity index (χ1n) is 6.78. The van der Waals surface area contributed by atoms with E-state index in [9.17, 15) is 14.0 Å². The summed E-state index contributed by atoms with van der Waals surface area (Å²) in [5.41, 5.74) is -0.135. The molecule has 0 aliphatic carbocycles. The van der Waals surface area contributed by atoms with Crippen LogP contribution in [0.1, 0.15) is 17.2 Å². The summed E-state index contributed by atoms with van der Waals surface area (Å²) in [6.45, 7) is 0. The summed E-state index contributed by atoms with van der Waals surface area (Å²) >= 11 is 0. The van der Waals surface area contributed by atoms with Crippen molar-refractivity contribution in [3.8, 4) is 0 Å². The van der Waals surface area contributed by atoms with Crippen LogP contribution in [0.15, 0.2) is 76.4 Å². The fourth-order valence-electron chi connectivity index (χ4n) is 2.46. The second-order valence-corrected chi connectivity index (χ2v) is 4.84. The molecular weight excluding hydrogens is 283 g/mol. The van der Waals surface area contributed by atoms with E-state index in [0.29, 0.717) is 0 Å². The molecule has 0 atom stereocenters. The van der Waals surface area contributed by atoms with Crippen LogP contribution in [-0.2, 0) is 0 Å². The van der Waals surface area contributed by atoms with Crippen molar-refractivity contribution in [1.29, 1.82) is 0 Å². The number of halogens is 1. The first kappa shape index (κ1) is 14.0. The molecule has 1 heterocycles. The summed E-state index contributed by atoms with van der Waals surface area (Å²) in [5, 5.41) is 0. The Morgan fingerprint density at radius 1 is 0.864 bits per heavy atom. The highest BCUT2D eigenvalue weighted by Crippen LogP contribution is 2.23. The predicted octanol–water partition coefficient (Wildman–Crippen LogP) is 2.31. The first-order valence-corrected chi connectivity index (χ1v) is 6.78. The third kappa shape index (κ3) is 2.48. The van der Waals surface area contributed by atoms with Crippen molar-refractivity contribution in [2.75, 3.05) is 0 Å². The zero-order valence-electron chi connectivity index (χ0n) is 11.6. The zero-order chi connectivity index (χ0) is 15.5. The number of hydrogen-bond donors (Lipinski definition) is 1. The zero-order valence-corrected chi connectivity index (χ0v) is 11.6. The van der Waals surface area contributed by atoms with Gasteiger partial charge in [-0.25, -0.2) is 9.36 Å². The molecule has 4 nitrogen and oxygen atoms in total. The fraction of sp³-hybridized carbons (Fsp3) is 0.0588. The molecule has 2 aromatic carbocycles. The van der Waals surface area contributed by atoms with E-state index in [4.69, 9.17) is 0 Å². The van der Waals surface area contributed by atoms with Crippen LogP contribution in [0.4, 0.5) is 4.39 Å². The maximum absolute atomic E-state index is 13.6. The molecule has 0 aliphatic rings. The van der Waals surface area contributed by atoms with Gasteiger partial charge in [0.2, 0.25) is 5.82 Å². The minimum absolute atomic E-state index is 0.649. The number of benzene rings is 2. The summed E-state index contributed by atoms with van der Waals surface area (Å²) in [7, 11) is 0. The summed E-state index contributed by atoms with van der Waals surface area (Å²) in [5.74, 6) is -0.989. The van der Waals surface area contributed by atoms with Gasteiger partial charge in [0.25, 0.3) is 5.56 Å². The molecule has 1 aromatic heterocycles. The van der Waals surface area contributed by atoms with Crippen molar-refractivity contribution >= 4 is 0 Å². The van der Waals surface area contributed by atoms with Crippen molar-refractivity contribution in [3.05, 3.63) is 105 Å². The molecule has 3 aromatic rings. The summed E-state index contributed by atoms with van der Waals surface area (Å²) in [4.78, 5) is 26.5. The molecule has 0 saturated heterocycles. The van der Waals surface area contributed by atoms with E-state index in [-0.39, 0.29) is 0 Å². The lowest BCUT2D eigenvalue weighted by Gasteiger charge is -2.19. The molecule has 0 fully saturated rings. The van der Waals surface area contributed by atoms with Gasteiger partial charge in [-0.15, -0.1) is 0 Å². The van der Waals surface area contributed by atoms with Crippen LogP contribution in [0.3, 0.4) is 0 Å². The Kier molecular flexibility index (Phi) is 3.70. The second-order valence-electron chi connectivity index (χ2n) is 4.84. The van der Waals surface area contributed by atoms with E-state index in [0.717, 1.165) is 21.9 Å². The molecule has 0 amide bonds. The number of rotatable bonds is 3. The highest BCUT2D eigenvalue weighted by atomic mass is 19.1. The van der Waals surface area contributed by atoms with Gasteiger partial charge in [-0.3, -0.25) is 4.79 Å². The molecule has 0 spiro atoms. The molecular formula is C17H13FN2O2. The quantitative estimate of drug-likeness (QED) is 0.806. The van der Waals surface area contributed by atoms with E-state index in [2.05, 4.69) is 4.98 Å². The van der Waals surface area contributed by atoms with Gasteiger partial charge in [0.1, 0.15) is 0 Å². The minimum Gasteiger partial charge on any atom is -0.311 e. The molecule has 1 N–H and O–H groups in total. The van der Waals surface area contributed by atoms with Gasteiger partial charge < -0.3 is 4.98 Å². The Balaban J connectivity index is 2.31. The van der Waals surface area contributed by atoms with Crippen molar-refractivity contribution in [2.24, 2.45) is 0 Å². The number of nitrogens with zero attached hydrogens (tertiary/aromatic N) is 1. The predicted molar refractivity (Wildman–Crippen MR) is 81.4 cm³/mol. The molecule has 0 aliphatic heterocycles. The monoisotopic (exact) mass is 296 g/mol. The fourth-order valence-corrected chi connectivity index (χ4v) is 2.46. The standard InChI is InChI=1S/C17H13FN2O2/c18-14-11-19-17(22)20(16(14)21)15(12-7-3-1-4-8-12)13-9-5-2-6-10-13/h1-11,15H,(H,19,22). The van der Waals surface area contributed by atoms with Gasteiger partial charge >= 0.3 is 5.69 Å². The molecule has 5 heteroatoms. The highest BCUT2D eigenvalue weighted by Gasteiger charge is 2.21. The molecule has 0 unspecified atom stereocenters. The van der Waals surface area contributed by atoms with Crippen molar-refractivity contribution in [3.63, 3.8) is 0 Å². The minimum atomic E-state index is -0.989. The van der Waals surface area contributed by atoms with Crippen LogP contribution < -0.4 is 11.2 Å². The van der Waals surface area contributed by atoms with Gasteiger partial charge in [0, 0.05) is 6.20 Å². The van der Waals surface area contributed by atoms with Crippen LogP contribution >= 0.6 is 0 Å². The van der Waals surface area contributed by atoms with Gasteiger partial charge in [-0.05, 0) is 11.1 Å². The molecule has 0 bridgehead atoms. The Hall–Kier alpha value is -2.95. The Morgan fingerprint density at radius 2 is 1.36 bits per heavy atom. The largest absolute Gasteiger partial charge is 0.329 e. The van der Waals surface area contributed by atoms with Crippen LogP contribution in [0.25, 0.3) is 0 Å². The van der Waals surface area contributed by atoms with Gasteiger partial charge in [-0.2, -0.15) is 4.39 Å². The Morgan fingerprint density at radius 3 is 1.86 bits per heavy atom. The molecule has 0 saturated carbocycles. The molecule has 0 radical (unpaired) electrons. The van der Waals surface area contributed by atoms with Crippen LogP contribution in [0.5, 0.6) is 0 Å². The third-order valence-electron chi connectivity index (χ3n) is 3.45. The maximum atomic E-state index is 13.6. The summed E-state index contributed by atoms with van der Waals surface area (Å²) in [6.07, 6.45) is 0.786. The van der Waals surface area contributed by atoms with Crippen molar-refractivity contribution < 1.29 is 4.39 Å². The number of hydrogen-bond acceptors (Lipinski definition) is 2. The van der Waals surface area contributed by atoms with Crippen molar-refractivity contribution in [2.45, 2.75) is 6.04 Å². The Labute approximate surface area is 125 Å². The van der Waals surface area contributed by atoms with E-state index < -0.39 is 23.1 Å². The van der Waals surface area contributed by atoms with Crippen LogP contribution in [-0.4, -0.2) is 9.55 Å². The van der Waals surface area contributed by atoms with Gasteiger partial charge in [0.15, 0.2) is 0 Å². The number of H-pyrrole nitrogens is 1. The lowest BCUT2D eigenvalue weighted by Crippen LogP contribution is -2.40. The van der Waals surface area contributed by atoms with E-state index in [1.807, 2.05) is 36.4 Å². The van der Waals surface area contributed by atoms with Gasteiger partial charge in [0.05, 0.1) is 6.04 Å². The average molecular weight is 296 g/mol. The van der Waals surface area contributed by atoms with Crippen LogP contribution in [0.2, 0.25) is 0 Å². The Bertz CT molecular complexity index is 846. The number of aromatic nitrogens is 2. The summed E-state index contributed by atoms with van der Waals surface area (Å²) in [6, 6.07) is 17.4. The van der Waals surface area contributed by atoms with Crippen LogP contribution in [0, 0.1) is 5.82 Å². The SMILES string of the molecule is O=c1[nH]cc(F)c(=O)n1C(c1ccccc1)c1ccccc1. The lowest BCUT2D eigenvalue weighted by atomic mass is 9.98. The van der Waals surface area contributed by atoms with E-state index >= 15 is 0 Å². The topological polar surface area (TPSA) is 54.9 Å². The number of aromatic amines is 1. The van der Waals surface area contributed by atoms with Crippen molar-refractivity contribution in [1.82, 2.24) is 9.55 Å². The molecule has 110 valence electrons. The lowest BCUT2D eigenvalue weighted by molar-refractivity contribution is 0.529. The third-order valence-corrected chi connectivity index (χ3v) is 3.45. The average Bonchev–Trinajstić information content (AvgIpc) is 2.57. The summed E-state index contributed by atoms with van der Waals surface area (Å²) < 4.78 is 14.6. The van der Waals surface area contributed by atoms with Gasteiger partial charge in [-0.1, -0.05) is 60.7 Å². The molecule has 22 heavy (non-hydrogen) atoms. The highest BCUT2D eigenvalue weighted by molar-refractivity contribution is 5.32. The smallest absolute Gasteiger partial charge is 0.311 e. The second kappa shape index (κ2) is 5.81. The van der Waals surface area contributed by atoms with E-state index in [1.54, 1.807) is 24.3 Å². The number of nitrogens with one attached hydrogen (secondary N) is 1. The van der Waals surface area contributed by atoms with E-state index in [1.165, 1.54) is 0 Å². The molecule has 3 rings (SSSR count). The first-order chi connectivity index (χ1) is 10.7. The maximum Gasteiger partial charge on any atom is 0.329 e. The normalized spacial score (nSPS) is 10.8.